The maximum atomic E-state index is 6.30. The molecule has 1 aromatic carbocycles. The third-order valence-corrected chi connectivity index (χ3v) is 3.72. The highest BCUT2D eigenvalue weighted by Crippen LogP contribution is 2.30. The predicted octanol–water partition coefficient (Wildman–Crippen LogP) is 4.33. The lowest BCUT2D eigenvalue weighted by Crippen LogP contribution is -2.14. The van der Waals surface area contributed by atoms with Crippen molar-refractivity contribution in [2.75, 3.05) is 0 Å². The van der Waals surface area contributed by atoms with Crippen molar-refractivity contribution in [1.29, 1.82) is 0 Å². The summed E-state index contributed by atoms with van der Waals surface area (Å²) >= 11 is 9.53. The molecule has 106 valence electrons. The molecular weight excluding hydrogens is 340 g/mol. The molecule has 0 spiro atoms. The number of aromatic nitrogens is 1. The Morgan fingerprint density at radius 2 is 2.00 bits per heavy atom. The first kappa shape index (κ1) is 15.3. The van der Waals surface area contributed by atoms with E-state index < -0.39 is 0 Å². The third-order valence-electron chi connectivity index (χ3n) is 2.76. The SMILES string of the molecule is CC(C)Oc1cncc(C(N)c2cc(Cl)ccc2Br)c1. The second kappa shape index (κ2) is 6.57. The molecule has 0 aliphatic carbocycles. The summed E-state index contributed by atoms with van der Waals surface area (Å²) in [6.45, 7) is 3.94. The highest BCUT2D eigenvalue weighted by atomic mass is 79.9. The fraction of sp³-hybridized carbons (Fsp3) is 0.267. The van der Waals surface area contributed by atoms with Crippen LogP contribution >= 0.6 is 27.5 Å². The van der Waals surface area contributed by atoms with Crippen LogP contribution in [-0.2, 0) is 0 Å². The number of halogens is 2. The number of hydrogen-bond donors (Lipinski definition) is 1. The van der Waals surface area contributed by atoms with E-state index in [0.717, 1.165) is 15.6 Å². The van der Waals surface area contributed by atoms with Crippen LogP contribution in [0.25, 0.3) is 0 Å². The van der Waals surface area contributed by atoms with Crippen LogP contribution in [0.1, 0.15) is 31.0 Å². The lowest BCUT2D eigenvalue weighted by molar-refractivity contribution is 0.241. The molecule has 1 unspecified atom stereocenters. The van der Waals surface area contributed by atoms with Gasteiger partial charge in [0.2, 0.25) is 0 Å². The summed E-state index contributed by atoms with van der Waals surface area (Å²) in [5, 5.41) is 0.654. The molecular formula is C15H16BrClN2O. The van der Waals surface area contributed by atoms with Gasteiger partial charge in [0, 0.05) is 15.7 Å². The summed E-state index contributed by atoms with van der Waals surface area (Å²) < 4.78 is 6.56. The van der Waals surface area contributed by atoms with Crippen molar-refractivity contribution < 1.29 is 4.74 Å². The Morgan fingerprint density at radius 1 is 1.25 bits per heavy atom. The van der Waals surface area contributed by atoms with E-state index in [1.807, 2.05) is 38.1 Å². The van der Waals surface area contributed by atoms with Crippen LogP contribution in [0.5, 0.6) is 5.75 Å². The van der Waals surface area contributed by atoms with Crippen molar-refractivity contribution in [3.63, 3.8) is 0 Å². The largest absolute Gasteiger partial charge is 0.489 e. The Kier molecular flexibility index (Phi) is 5.02. The van der Waals surface area contributed by atoms with Crippen molar-refractivity contribution in [3.05, 3.63) is 57.3 Å². The van der Waals surface area contributed by atoms with Gasteiger partial charge in [-0.1, -0.05) is 27.5 Å². The fourth-order valence-electron chi connectivity index (χ4n) is 1.87. The van der Waals surface area contributed by atoms with Crippen molar-refractivity contribution in [2.24, 2.45) is 5.73 Å². The summed E-state index contributed by atoms with van der Waals surface area (Å²) in [5.41, 5.74) is 8.10. The summed E-state index contributed by atoms with van der Waals surface area (Å²) in [5.74, 6) is 0.714. The van der Waals surface area contributed by atoms with Crippen LogP contribution in [0, 0.1) is 0 Å². The fourth-order valence-corrected chi connectivity index (χ4v) is 2.55. The van der Waals surface area contributed by atoms with Crippen LogP contribution in [0.15, 0.2) is 41.1 Å². The minimum atomic E-state index is -0.314. The van der Waals surface area contributed by atoms with Crippen LogP contribution in [0.2, 0.25) is 5.02 Å². The number of ether oxygens (including phenoxy) is 1. The van der Waals surface area contributed by atoms with Crippen LogP contribution in [-0.4, -0.2) is 11.1 Å². The van der Waals surface area contributed by atoms with Gasteiger partial charge in [0.25, 0.3) is 0 Å². The van der Waals surface area contributed by atoms with Crippen LogP contribution < -0.4 is 10.5 Å². The average molecular weight is 356 g/mol. The maximum absolute atomic E-state index is 6.30. The first-order chi connectivity index (χ1) is 9.47. The van der Waals surface area contributed by atoms with Gasteiger partial charge in [0.05, 0.1) is 18.3 Å². The van der Waals surface area contributed by atoms with E-state index in [1.165, 1.54) is 0 Å². The molecule has 5 heteroatoms. The molecule has 0 aliphatic heterocycles. The normalized spacial score (nSPS) is 12.5. The monoisotopic (exact) mass is 354 g/mol. The molecule has 0 fully saturated rings. The molecule has 20 heavy (non-hydrogen) atoms. The summed E-state index contributed by atoms with van der Waals surface area (Å²) in [6.07, 6.45) is 3.52. The van der Waals surface area contributed by atoms with Gasteiger partial charge in [-0.05, 0) is 49.2 Å². The first-order valence-electron chi connectivity index (χ1n) is 6.29. The van der Waals surface area contributed by atoms with E-state index >= 15 is 0 Å². The minimum Gasteiger partial charge on any atom is -0.489 e. The summed E-state index contributed by atoms with van der Waals surface area (Å²) in [6, 6.07) is 7.15. The van der Waals surface area contributed by atoms with Crippen molar-refractivity contribution >= 4 is 27.5 Å². The molecule has 2 rings (SSSR count). The zero-order valence-electron chi connectivity index (χ0n) is 11.3. The average Bonchev–Trinajstić information content (AvgIpc) is 2.40. The lowest BCUT2D eigenvalue weighted by atomic mass is 10.0. The van der Waals surface area contributed by atoms with E-state index in [4.69, 9.17) is 22.1 Å². The molecule has 0 aliphatic rings. The molecule has 2 N–H and O–H groups in total. The number of nitrogens with two attached hydrogens (primary N) is 1. The Bertz CT molecular complexity index is 604. The second-order valence-corrected chi connectivity index (χ2v) is 6.05. The molecule has 0 bridgehead atoms. The molecule has 1 heterocycles. The lowest BCUT2D eigenvalue weighted by Gasteiger charge is -2.16. The molecule has 0 radical (unpaired) electrons. The smallest absolute Gasteiger partial charge is 0.138 e. The molecule has 1 aromatic heterocycles. The molecule has 0 amide bonds. The van der Waals surface area contributed by atoms with Crippen molar-refractivity contribution in [3.8, 4) is 5.75 Å². The van der Waals surface area contributed by atoms with E-state index in [1.54, 1.807) is 12.4 Å². The Morgan fingerprint density at radius 3 is 2.70 bits per heavy atom. The standard InChI is InChI=1S/C15H16BrClN2O/c1-9(2)20-12-5-10(7-19-8-12)15(18)13-6-11(17)3-4-14(13)16/h3-9,15H,18H2,1-2H3. The summed E-state index contributed by atoms with van der Waals surface area (Å²) in [7, 11) is 0. The number of pyridine rings is 1. The van der Waals surface area contributed by atoms with E-state index in [-0.39, 0.29) is 12.1 Å². The van der Waals surface area contributed by atoms with E-state index in [9.17, 15) is 0 Å². The highest BCUT2D eigenvalue weighted by Gasteiger charge is 2.14. The third kappa shape index (κ3) is 3.72. The molecule has 3 nitrogen and oxygen atoms in total. The summed E-state index contributed by atoms with van der Waals surface area (Å²) in [4.78, 5) is 4.18. The van der Waals surface area contributed by atoms with Gasteiger partial charge >= 0.3 is 0 Å². The number of nitrogens with zero attached hydrogens (tertiary/aromatic N) is 1. The molecule has 0 saturated heterocycles. The number of rotatable bonds is 4. The Labute approximate surface area is 132 Å². The van der Waals surface area contributed by atoms with Crippen LogP contribution in [0.4, 0.5) is 0 Å². The van der Waals surface area contributed by atoms with Crippen molar-refractivity contribution in [1.82, 2.24) is 4.98 Å². The first-order valence-corrected chi connectivity index (χ1v) is 7.46. The van der Waals surface area contributed by atoms with Gasteiger partial charge in [0.1, 0.15) is 5.75 Å². The maximum Gasteiger partial charge on any atom is 0.138 e. The topological polar surface area (TPSA) is 48.1 Å². The highest BCUT2D eigenvalue weighted by molar-refractivity contribution is 9.10. The molecule has 1 atom stereocenters. The Hall–Kier alpha value is -1.10. The van der Waals surface area contributed by atoms with Crippen LogP contribution in [0.3, 0.4) is 0 Å². The quantitative estimate of drug-likeness (QED) is 0.888. The predicted molar refractivity (Wildman–Crippen MR) is 85.2 cm³/mol. The van der Waals surface area contributed by atoms with Gasteiger partial charge < -0.3 is 10.5 Å². The van der Waals surface area contributed by atoms with Gasteiger partial charge in [-0.15, -0.1) is 0 Å². The minimum absolute atomic E-state index is 0.0983. The van der Waals surface area contributed by atoms with Gasteiger partial charge in [0.15, 0.2) is 0 Å². The number of hydrogen-bond acceptors (Lipinski definition) is 3. The van der Waals surface area contributed by atoms with Gasteiger partial charge in [-0.2, -0.15) is 0 Å². The second-order valence-electron chi connectivity index (χ2n) is 4.76. The zero-order valence-corrected chi connectivity index (χ0v) is 13.6. The molecule has 2 aromatic rings. The van der Waals surface area contributed by atoms with E-state index in [0.29, 0.717) is 10.8 Å². The van der Waals surface area contributed by atoms with Gasteiger partial charge in [-0.3, -0.25) is 4.98 Å². The Balaban J connectivity index is 2.33. The number of benzene rings is 1. The zero-order chi connectivity index (χ0) is 14.7. The molecule has 0 saturated carbocycles. The van der Waals surface area contributed by atoms with E-state index in [2.05, 4.69) is 20.9 Å². The van der Waals surface area contributed by atoms with Crippen molar-refractivity contribution in [2.45, 2.75) is 26.0 Å². The van der Waals surface area contributed by atoms with Gasteiger partial charge in [-0.25, -0.2) is 0 Å².